The van der Waals surface area contributed by atoms with Crippen LogP contribution in [-0.4, -0.2) is 68.1 Å². The molecule has 34 heavy (non-hydrogen) atoms. The Morgan fingerprint density at radius 2 is 2.12 bits per heavy atom. The fraction of sp³-hybridized carbons (Fsp3) is 0.522. The minimum atomic E-state index is -3.32. The topological polar surface area (TPSA) is 92.1 Å². The molecule has 0 spiro atoms. The van der Waals surface area contributed by atoms with Crippen LogP contribution in [0.1, 0.15) is 53.9 Å². The normalized spacial score (nSPS) is 22.1. The molecule has 1 atom stereocenters. The molecule has 1 saturated heterocycles. The fourth-order valence-electron chi connectivity index (χ4n) is 3.93. The van der Waals surface area contributed by atoms with Crippen molar-refractivity contribution in [2.24, 2.45) is 0 Å². The molecule has 4 rings (SSSR count). The molecular formula is C23H30F2N8O. The Hall–Kier alpha value is -3.21. The number of halogens is 2. The summed E-state index contributed by atoms with van der Waals surface area (Å²) in [7, 11) is 0. The van der Waals surface area contributed by atoms with Gasteiger partial charge in [0.15, 0.2) is 11.6 Å². The molecule has 1 amide bonds. The lowest BCUT2D eigenvalue weighted by Gasteiger charge is -2.32. The van der Waals surface area contributed by atoms with Crippen LogP contribution < -0.4 is 10.2 Å². The van der Waals surface area contributed by atoms with Crippen molar-refractivity contribution in [3.63, 3.8) is 0 Å². The number of anilines is 2. The van der Waals surface area contributed by atoms with Gasteiger partial charge in [-0.25, -0.2) is 19.6 Å². The minimum Gasteiger partial charge on any atom is -0.353 e. The van der Waals surface area contributed by atoms with Crippen LogP contribution in [0.5, 0.6) is 0 Å². The Bertz CT molecular complexity index is 1420. The maximum atomic E-state index is 14.3. The first-order valence-corrected chi connectivity index (χ1v) is 10.8. The summed E-state index contributed by atoms with van der Waals surface area (Å²) in [5.41, 5.74) is -0.516. The van der Waals surface area contributed by atoms with Crippen molar-refractivity contribution in [3.05, 3.63) is 29.8 Å². The number of pyridine rings is 1. The third kappa shape index (κ3) is 4.44. The molecule has 0 bridgehead atoms. The van der Waals surface area contributed by atoms with Crippen molar-refractivity contribution >= 4 is 28.4 Å². The second-order valence-electron chi connectivity index (χ2n) is 8.79. The van der Waals surface area contributed by atoms with E-state index in [1.54, 1.807) is 18.7 Å². The number of rotatable bonds is 6. The molecule has 4 heterocycles. The first kappa shape index (κ1) is 17.3. The van der Waals surface area contributed by atoms with Crippen molar-refractivity contribution in [3.8, 4) is 5.82 Å². The predicted molar refractivity (Wildman–Crippen MR) is 127 cm³/mol. The van der Waals surface area contributed by atoms with E-state index in [9.17, 15) is 13.6 Å². The number of amides is 1. The Morgan fingerprint density at radius 3 is 2.76 bits per heavy atom. The summed E-state index contributed by atoms with van der Waals surface area (Å²) in [6, 6.07) is 3.06. The van der Waals surface area contributed by atoms with E-state index in [0.717, 1.165) is 0 Å². The summed E-state index contributed by atoms with van der Waals surface area (Å²) in [6.07, 6.45) is 2.01. The van der Waals surface area contributed by atoms with Gasteiger partial charge in [-0.3, -0.25) is 4.79 Å². The first-order chi connectivity index (χ1) is 18.3. The molecule has 9 nitrogen and oxygen atoms in total. The number of aromatic nitrogens is 5. The van der Waals surface area contributed by atoms with Gasteiger partial charge in [-0.05, 0) is 33.7 Å². The molecule has 1 unspecified atom stereocenters. The fourth-order valence-corrected chi connectivity index (χ4v) is 3.93. The highest BCUT2D eigenvalue weighted by atomic mass is 19.3. The molecule has 0 saturated carbocycles. The number of hydrogen-bond donors (Lipinski definition) is 1. The molecule has 1 fully saturated rings. The molecule has 3 aromatic heterocycles. The van der Waals surface area contributed by atoms with Crippen LogP contribution in [0.4, 0.5) is 20.4 Å². The number of fused-ring (bicyclic) bond motifs is 1. The lowest BCUT2D eigenvalue weighted by molar-refractivity contribution is -0.114. The summed E-state index contributed by atoms with van der Waals surface area (Å²) in [5.74, 6) is -3.78. The SMILES string of the molecule is [2H]C([2H])([2H])N(C([2H])([2H])[2H])C1(C)CCN(c2nn(-c3cc(CC)nc(C(C)(F)F)n3)c3cc(NC(C)=O)ncc23)C1. The van der Waals surface area contributed by atoms with Crippen LogP contribution in [0.3, 0.4) is 0 Å². The summed E-state index contributed by atoms with van der Waals surface area (Å²) >= 11 is 0. The van der Waals surface area contributed by atoms with Crippen LogP contribution in [0.2, 0.25) is 0 Å². The minimum absolute atomic E-state index is 0.00556. The van der Waals surface area contributed by atoms with Crippen molar-refractivity contribution in [2.45, 2.75) is 52.0 Å². The Balaban J connectivity index is 1.88. The quantitative estimate of drug-likeness (QED) is 0.581. The second-order valence-corrected chi connectivity index (χ2v) is 8.79. The second kappa shape index (κ2) is 8.53. The van der Waals surface area contributed by atoms with Crippen LogP contribution >= 0.6 is 0 Å². The molecule has 182 valence electrons. The van der Waals surface area contributed by atoms with Gasteiger partial charge in [0, 0.05) is 64.7 Å². The number of nitrogens with zero attached hydrogens (tertiary/aromatic N) is 7. The lowest BCUT2D eigenvalue weighted by Crippen LogP contribution is -2.43. The average Bonchev–Trinajstić information content (AvgIpc) is 3.36. The van der Waals surface area contributed by atoms with E-state index in [4.69, 9.17) is 8.22 Å². The number of alkyl halides is 2. The van der Waals surface area contributed by atoms with Gasteiger partial charge in [-0.1, -0.05) is 6.92 Å². The first-order valence-electron chi connectivity index (χ1n) is 13.8. The monoisotopic (exact) mass is 478 g/mol. The predicted octanol–water partition coefficient (Wildman–Crippen LogP) is 3.37. The van der Waals surface area contributed by atoms with Gasteiger partial charge in [-0.2, -0.15) is 8.78 Å². The summed E-state index contributed by atoms with van der Waals surface area (Å²) < 4.78 is 77.2. The number of carbonyl (C=O) groups excluding carboxylic acids is 1. The van der Waals surface area contributed by atoms with E-state index in [-0.39, 0.29) is 37.1 Å². The molecule has 11 heteroatoms. The lowest BCUT2D eigenvalue weighted by atomic mass is 10.0. The number of nitrogens with one attached hydrogen (secondary N) is 1. The molecule has 1 N–H and O–H groups in total. The summed E-state index contributed by atoms with van der Waals surface area (Å²) in [5, 5.41) is 7.72. The Morgan fingerprint density at radius 1 is 1.35 bits per heavy atom. The molecule has 3 aromatic rings. The molecule has 0 aliphatic carbocycles. The highest BCUT2D eigenvalue weighted by Crippen LogP contribution is 2.35. The van der Waals surface area contributed by atoms with E-state index in [1.165, 1.54) is 29.9 Å². The van der Waals surface area contributed by atoms with Gasteiger partial charge in [0.1, 0.15) is 5.82 Å². The zero-order valence-electron chi connectivity index (χ0n) is 25.4. The molecule has 1 aliphatic heterocycles. The molecule has 0 radical (unpaired) electrons. The number of carbonyl (C=O) groups is 1. The Kier molecular flexibility index (Phi) is 4.33. The summed E-state index contributed by atoms with van der Waals surface area (Å²) in [6.45, 7) is -0.143. The van der Waals surface area contributed by atoms with Gasteiger partial charge in [0.2, 0.25) is 11.7 Å². The van der Waals surface area contributed by atoms with Crippen molar-refractivity contribution in [2.75, 3.05) is 37.3 Å². The number of likely N-dealkylation sites (N-methyl/N-ethyl adjacent to an activating group) is 1. The van der Waals surface area contributed by atoms with Gasteiger partial charge in [0.25, 0.3) is 0 Å². The highest BCUT2D eigenvalue weighted by Gasteiger charge is 2.37. The largest absolute Gasteiger partial charge is 0.353 e. The maximum Gasteiger partial charge on any atom is 0.303 e. The van der Waals surface area contributed by atoms with Crippen molar-refractivity contribution in [1.82, 2.24) is 29.6 Å². The van der Waals surface area contributed by atoms with Crippen LogP contribution in [0.15, 0.2) is 18.3 Å². The third-order valence-corrected chi connectivity index (χ3v) is 5.88. The van der Waals surface area contributed by atoms with E-state index >= 15 is 0 Å². The maximum absolute atomic E-state index is 14.3. The van der Waals surface area contributed by atoms with E-state index in [2.05, 4.69) is 25.4 Å². The number of aryl methyl sites for hydroxylation is 1. The Labute approximate surface area is 205 Å². The van der Waals surface area contributed by atoms with Gasteiger partial charge < -0.3 is 15.1 Å². The molecular weight excluding hydrogens is 442 g/mol. The average molecular weight is 479 g/mol. The van der Waals surface area contributed by atoms with Crippen molar-refractivity contribution < 1.29 is 21.8 Å². The van der Waals surface area contributed by atoms with E-state index in [1.807, 2.05) is 0 Å². The number of hydrogen-bond acceptors (Lipinski definition) is 7. The standard InChI is InChI=1S/C23H30F2N8O/c1-7-15-10-19(29-21(28-15)23(4,24)25)33-17-11-18(27-14(2)34)26-12-16(17)20(30-33)32-9-8-22(3,13-32)31(5)6/h10-12H,7-9,13H2,1-6H3,(H,26,27,34)/i5D3,6D3. The van der Waals surface area contributed by atoms with E-state index < -0.39 is 31.2 Å². The zero-order valence-corrected chi connectivity index (χ0v) is 19.4. The van der Waals surface area contributed by atoms with Crippen LogP contribution in [-0.2, 0) is 17.1 Å². The highest BCUT2D eigenvalue weighted by molar-refractivity contribution is 5.95. The van der Waals surface area contributed by atoms with Crippen LogP contribution in [0.25, 0.3) is 16.7 Å². The van der Waals surface area contributed by atoms with Crippen molar-refractivity contribution in [1.29, 1.82) is 0 Å². The van der Waals surface area contributed by atoms with Crippen LogP contribution in [0, 0.1) is 0 Å². The van der Waals surface area contributed by atoms with Gasteiger partial charge in [0.05, 0.1) is 10.9 Å². The summed E-state index contributed by atoms with van der Waals surface area (Å²) in [4.78, 5) is 26.3. The molecule has 0 aromatic carbocycles. The third-order valence-electron chi connectivity index (χ3n) is 5.88. The smallest absolute Gasteiger partial charge is 0.303 e. The van der Waals surface area contributed by atoms with E-state index in [0.29, 0.717) is 40.7 Å². The zero-order chi connectivity index (χ0) is 29.8. The molecule has 1 aliphatic rings. The van der Waals surface area contributed by atoms with Gasteiger partial charge in [-0.15, -0.1) is 5.10 Å². The van der Waals surface area contributed by atoms with Gasteiger partial charge >= 0.3 is 5.92 Å².